The number of hydrogen-bond donors (Lipinski definition) is 0. The lowest BCUT2D eigenvalue weighted by Gasteiger charge is -2.36. The third-order valence-corrected chi connectivity index (χ3v) is 4.49. The predicted molar refractivity (Wildman–Crippen MR) is 82.9 cm³/mol. The molecule has 5 heteroatoms. The number of anilines is 1. The number of hydrogen-bond acceptors (Lipinski definition) is 2. The summed E-state index contributed by atoms with van der Waals surface area (Å²) in [6, 6.07) is 13.7. The minimum absolute atomic E-state index is 0.278. The largest absolute Gasteiger partial charge is 0.292 e. The SMILES string of the molecule is CC1(c2ccccc2)C(=O)c2c(Cl)cccc2N(Cl)C1=O. The molecule has 0 aliphatic carbocycles. The molecule has 0 fully saturated rings. The van der Waals surface area contributed by atoms with Crippen molar-refractivity contribution in [3.05, 3.63) is 64.7 Å². The van der Waals surface area contributed by atoms with Crippen molar-refractivity contribution in [3.8, 4) is 0 Å². The molecular weight excluding hydrogens is 309 g/mol. The monoisotopic (exact) mass is 319 g/mol. The van der Waals surface area contributed by atoms with Crippen molar-refractivity contribution in [1.29, 1.82) is 0 Å². The first-order valence-corrected chi connectivity index (χ1v) is 7.08. The molecule has 0 saturated heterocycles. The zero-order chi connectivity index (χ0) is 15.2. The molecule has 1 heterocycles. The molecule has 0 aromatic heterocycles. The highest BCUT2D eigenvalue weighted by Gasteiger charge is 2.51. The van der Waals surface area contributed by atoms with Crippen LogP contribution < -0.4 is 4.42 Å². The first-order valence-electron chi connectivity index (χ1n) is 6.37. The molecule has 1 aliphatic rings. The van der Waals surface area contributed by atoms with Crippen molar-refractivity contribution in [1.82, 2.24) is 0 Å². The number of rotatable bonds is 1. The Morgan fingerprint density at radius 1 is 1.00 bits per heavy atom. The summed E-state index contributed by atoms with van der Waals surface area (Å²) in [4.78, 5) is 25.6. The van der Waals surface area contributed by atoms with Crippen LogP contribution >= 0.6 is 23.4 Å². The fourth-order valence-electron chi connectivity index (χ4n) is 2.58. The fraction of sp³-hybridized carbons (Fsp3) is 0.125. The van der Waals surface area contributed by atoms with Crippen molar-refractivity contribution in [2.24, 2.45) is 0 Å². The van der Waals surface area contributed by atoms with Crippen LogP contribution in [0.4, 0.5) is 5.69 Å². The van der Waals surface area contributed by atoms with Crippen LogP contribution in [0, 0.1) is 0 Å². The summed E-state index contributed by atoms with van der Waals surface area (Å²) in [6.45, 7) is 1.58. The Hall–Kier alpha value is -1.84. The molecule has 1 aliphatic heterocycles. The van der Waals surface area contributed by atoms with Gasteiger partial charge in [0.25, 0.3) is 5.91 Å². The Morgan fingerprint density at radius 2 is 1.67 bits per heavy atom. The Kier molecular flexibility index (Phi) is 3.27. The van der Waals surface area contributed by atoms with Crippen LogP contribution in [0.1, 0.15) is 22.8 Å². The lowest BCUT2D eigenvalue weighted by atomic mass is 9.73. The molecule has 0 N–H and O–H groups in total. The zero-order valence-corrected chi connectivity index (χ0v) is 12.7. The van der Waals surface area contributed by atoms with E-state index in [9.17, 15) is 9.59 Å². The molecule has 2 aromatic carbocycles. The van der Waals surface area contributed by atoms with Crippen LogP contribution in [0.3, 0.4) is 0 Å². The van der Waals surface area contributed by atoms with E-state index in [1.165, 1.54) is 0 Å². The number of benzene rings is 2. The lowest BCUT2D eigenvalue weighted by molar-refractivity contribution is -0.121. The third-order valence-electron chi connectivity index (χ3n) is 3.84. The van der Waals surface area contributed by atoms with Gasteiger partial charge in [0.2, 0.25) is 0 Å². The maximum absolute atomic E-state index is 12.9. The van der Waals surface area contributed by atoms with Crippen molar-refractivity contribution in [3.63, 3.8) is 0 Å². The smallest absolute Gasteiger partial charge is 0.259 e. The molecule has 1 amide bonds. The van der Waals surface area contributed by atoms with Gasteiger partial charge in [0.1, 0.15) is 5.41 Å². The number of carbonyl (C=O) groups excluding carboxylic acids is 2. The number of ketones is 1. The molecule has 1 unspecified atom stereocenters. The summed E-state index contributed by atoms with van der Waals surface area (Å²) < 4.78 is 0.982. The Balaban J connectivity index is 2.28. The predicted octanol–water partition coefficient (Wildman–Crippen LogP) is 3.98. The number of amides is 1. The Morgan fingerprint density at radius 3 is 2.33 bits per heavy atom. The van der Waals surface area contributed by atoms with Crippen LogP contribution in [0.25, 0.3) is 0 Å². The third kappa shape index (κ3) is 1.88. The molecule has 3 rings (SSSR count). The van der Waals surface area contributed by atoms with Gasteiger partial charge >= 0.3 is 0 Å². The molecule has 0 saturated carbocycles. The first kappa shape index (κ1) is 14.1. The van der Waals surface area contributed by atoms with Crippen LogP contribution in [0.15, 0.2) is 48.5 Å². The van der Waals surface area contributed by atoms with E-state index in [2.05, 4.69) is 0 Å². The van der Waals surface area contributed by atoms with Crippen molar-refractivity contribution < 1.29 is 9.59 Å². The van der Waals surface area contributed by atoms with E-state index in [0.29, 0.717) is 11.3 Å². The number of carbonyl (C=O) groups is 2. The molecule has 0 spiro atoms. The van der Waals surface area contributed by atoms with Crippen LogP contribution in [0.5, 0.6) is 0 Å². The molecule has 2 aromatic rings. The summed E-state index contributed by atoms with van der Waals surface area (Å²) in [7, 11) is 0. The average Bonchev–Trinajstić information content (AvgIpc) is 2.51. The van der Waals surface area contributed by atoms with Gasteiger partial charge in [0.05, 0.1) is 16.3 Å². The van der Waals surface area contributed by atoms with E-state index in [1.54, 1.807) is 49.4 Å². The lowest BCUT2D eigenvalue weighted by Crippen LogP contribution is -2.51. The van der Waals surface area contributed by atoms with Crippen LogP contribution in [-0.2, 0) is 10.2 Å². The second-order valence-corrected chi connectivity index (χ2v) is 5.79. The highest BCUT2D eigenvalue weighted by Crippen LogP contribution is 2.43. The highest BCUT2D eigenvalue weighted by molar-refractivity contribution is 6.47. The molecule has 3 nitrogen and oxygen atoms in total. The second-order valence-electron chi connectivity index (χ2n) is 5.04. The Bertz CT molecular complexity index is 745. The van der Waals surface area contributed by atoms with Gasteiger partial charge in [-0.15, -0.1) is 0 Å². The van der Waals surface area contributed by atoms with E-state index in [4.69, 9.17) is 23.4 Å². The normalized spacial score (nSPS) is 21.4. The maximum atomic E-state index is 12.9. The number of Topliss-reactive ketones (excluding diaryl/α,β-unsaturated/α-hetero) is 1. The van der Waals surface area contributed by atoms with Gasteiger partial charge in [0, 0.05) is 11.8 Å². The molecule has 106 valence electrons. The first-order chi connectivity index (χ1) is 9.98. The van der Waals surface area contributed by atoms with E-state index in [0.717, 1.165) is 4.42 Å². The summed E-state index contributed by atoms with van der Waals surface area (Å²) in [5.74, 6) is -0.814. The van der Waals surface area contributed by atoms with Crippen LogP contribution in [-0.4, -0.2) is 11.7 Å². The van der Waals surface area contributed by atoms with Crippen molar-refractivity contribution in [2.75, 3.05) is 4.42 Å². The van der Waals surface area contributed by atoms with Crippen molar-refractivity contribution >= 4 is 40.8 Å². The van der Waals surface area contributed by atoms with Gasteiger partial charge in [-0.3, -0.25) is 9.59 Å². The van der Waals surface area contributed by atoms with E-state index >= 15 is 0 Å². The van der Waals surface area contributed by atoms with E-state index in [1.807, 2.05) is 6.07 Å². The van der Waals surface area contributed by atoms with Gasteiger partial charge in [-0.2, -0.15) is 0 Å². The van der Waals surface area contributed by atoms with Crippen molar-refractivity contribution in [2.45, 2.75) is 12.3 Å². The van der Waals surface area contributed by atoms with E-state index in [-0.39, 0.29) is 16.4 Å². The molecule has 0 radical (unpaired) electrons. The maximum Gasteiger partial charge on any atom is 0.259 e. The summed E-state index contributed by atoms with van der Waals surface area (Å²) in [5.41, 5.74) is -0.176. The second kappa shape index (κ2) is 4.86. The molecule has 1 atom stereocenters. The molecule has 21 heavy (non-hydrogen) atoms. The van der Waals surface area contributed by atoms with Gasteiger partial charge < -0.3 is 0 Å². The topological polar surface area (TPSA) is 37.4 Å². The minimum atomic E-state index is -1.37. The molecule has 0 bridgehead atoms. The number of halogens is 2. The quantitative estimate of drug-likeness (QED) is 0.589. The number of fused-ring (bicyclic) bond motifs is 1. The van der Waals surface area contributed by atoms with E-state index < -0.39 is 11.3 Å². The zero-order valence-electron chi connectivity index (χ0n) is 11.1. The van der Waals surface area contributed by atoms with Gasteiger partial charge in [-0.05, 0) is 24.6 Å². The van der Waals surface area contributed by atoms with Gasteiger partial charge in [0.15, 0.2) is 5.78 Å². The van der Waals surface area contributed by atoms with Gasteiger partial charge in [-0.1, -0.05) is 48.0 Å². The Labute approximate surface area is 132 Å². The summed E-state index contributed by atoms with van der Waals surface area (Å²) in [5, 5.41) is 0.290. The summed E-state index contributed by atoms with van der Waals surface area (Å²) >= 11 is 12.3. The average molecular weight is 320 g/mol. The number of nitrogens with zero attached hydrogens (tertiary/aromatic N) is 1. The molecular formula is C16H11Cl2NO2. The standard InChI is InChI=1S/C16H11Cl2NO2/c1-16(10-6-3-2-4-7-10)14(20)13-11(17)8-5-9-12(13)19(18)15(16)21/h2-9H,1H3. The minimum Gasteiger partial charge on any atom is -0.292 e. The van der Waals surface area contributed by atoms with Crippen LogP contribution in [0.2, 0.25) is 5.02 Å². The van der Waals surface area contributed by atoms with Gasteiger partial charge in [-0.25, -0.2) is 4.42 Å². The fourth-order valence-corrected chi connectivity index (χ4v) is 3.15. The summed E-state index contributed by atoms with van der Waals surface area (Å²) in [6.07, 6.45) is 0. The highest BCUT2D eigenvalue weighted by atomic mass is 35.5.